The van der Waals surface area contributed by atoms with Gasteiger partial charge in [-0.05, 0) is 34.9 Å². The number of nitrogens with one attached hydrogen (secondary N) is 1. The minimum Gasteiger partial charge on any atom is -0.373 e. The number of anilines is 1. The van der Waals surface area contributed by atoms with Crippen LogP contribution in [0.4, 0.5) is 20.2 Å². The van der Waals surface area contributed by atoms with E-state index in [1.54, 1.807) is 0 Å². The Hall–Kier alpha value is -2.02. The zero-order chi connectivity index (χ0) is 14.0. The fraction of sp³-hybridized carbons (Fsp3) is 0.167. The summed E-state index contributed by atoms with van der Waals surface area (Å²) in [4.78, 5) is 10.0. The SMILES string of the molecule is Cc1cscc1CNc1c([N+](=O)[O-])ccc(F)c1F. The highest BCUT2D eigenvalue weighted by Gasteiger charge is 2.21. The Morgan fingerprint density at radius 2 is 2.11 bits per heavy atom. The molecule has 0 aliphatic heterocycles. The van der Waals surface area contributed by atoms with Gasteiger partial charge in [-0.3, -0.25) is 10.1 Å². The van der Waals surface area contributed by atoms with Gasteiger partial charge in [-0.2, -0.15) is 11.3 Å². The molecule has 2 aromatic rings. The van der Waals surface area contributed by atoms with Crippen LogP contribution in [-0.4, -0.2) is 4.92 Å². The van der Waals surface area contributed by atoms with Crippen LogP contribution in [0.1, 0.15) is 11.1 Å². The molecule has 100 valence electrons. The Kier molecular flexibility index (Phi) is 3.75. The molecule has 0 atom stereocenters. The van der Waals surface area contributed by atoms with E-state index < -0.39 is 27.9 Å². The number of halogens is 2. The van der Waals surface area contributed by atoms with Crippen molar-refractivity contribution in [3.63, 3.8) is 0 Å². The van der Waals surface area contributed by atoms with Gasteiger partial charge in [0.1, 0.15) is 0 Å². The molecular weight excluding hydrogens is 274 g/mol. The number of hydrogen-bond donors (Lipinski definition) is 1. The number of benzene rings is 1. The van der Waals surface area contributed by atoms with Crippen LogP contribution in [0.3, 0.4) is 0 Å². The number of aryl methyl sites for hydroxylation is 1. The summed E-state index contributed by atoms with van der Waals surface area (Å²) in [7, 11) is 0. The van der Waals surface area contributed by atoms with Crippen LogP contribution < -0.4 is 5.32 Å². The van der Waals surface area contributed by atoms with Crippen LogP contribution in [0.25, 0.3) is 0 Å². The van der Waals surface area contributed by atoms with Crippen molar-refractivity contribution < 1.29 is 13.7 Å². The molecule has 0 radical (unpaired) electrons. The van der Waals surface area contributed by atoms with Crippen LogP contribution in [0.5, 0.6) is 0 Å². The monoisotopic (exact) mass is 284 g/mol. The topological polar surface area (TPSA) is 55.2 Å². The second kappa shape index (κ2) is 5.31. The van der Waals surface area contributed by atoms with Crippen LogP contribution in [0.2, 0.25) is 0 Å². The molecule has 0 amide bonds. The Bertz CT molecular complexity index is 628. The molecule has 1 aromatic carbocycles. The number of nitrogens with zero attached hydrogens (tertiary/aromatic N) is 1. The molecule has 0 saturated carbocycles. The lowest BCUT2D eigenvalue weighted by molar-refractivity contribution is -0.384. The molecule has 0 spiro atoms. The van der Waals surface area contributed by atoms with Crippen molar-refractivity contribution in [3.05, 3.63) is 55.8 Å². The van der Waals surface area contributed by atoms with Gasteiger partial charge in [-0.25, -0.2) is 8.78 Å². The molecule has 0 aliphatic rings. The highest BCUT2D eigenvalue weighted by Crippen LogP contribution is 2.29. The summed E-state index contributed by atoms with van der Waals surface area (Å²) in [6, 6.07) is 1.69. The Balaban J connectivity index is 2.31. The summed E-state index contributed by atoms with van der Waals surface area (Å²) in [6.07, 6.45) is 0. The highest BCUT2D eigenvalue weighted by atomic mass is 32.1. The fourth-order valence-corrected chi connectivity index (χ4v) is 2.47. The first-order valence-electron chi connectivity index (χ1n) is 5.38. The zero-order valence-electron chi connectivity index (χ0n) is 9.94. The number of nitro groups is 1. The third-order valence-electron chi connectivity index (χ3n) is 2.69. The lowest BCUT2D eigenvalue weighted by Crippen LogP contribution is -2.06. The van der Waals surface area contributed by atoms with Gasteiger partial charge in [0.15, 0.2) is 17.3 Å². The second-order valence-electron chi connectivity index (χ2n) is 3.95. The molecule has 7 heteroatoms. The average molecular weight is 284 g/mol. The summed E-state index contributed by atoms with van der Waals surface area (Å²) in [5.74, 6) is -2.35. The molecular formula is C12H10F2N2O2S. The van der Waals surface area contributed by atoms with Crippen molar-refractivity contribution in [2.75, 3.05) is 5.32 Å². The lowest BCUT2D eigenvalue weighted by atomic mass is 10.2. The van der Waals surface area contributed by atoms with E-state index in [0.717, 1.165) is 23.3 Å². The lowest BCUT2D eigenvalue weighted by Gasteiger charge is -2.08. The van der Waals surface area contributed by atoms with Crippen molar-refractivity contribution in [2.45, 2.75) is 13.5 Å². The van der Waals surface area contributed by atoms with Gasteiger partial charge in [0.05, 0.1) is 4.92 Å². The third-order valence-corrected chi connectivity index (χ3v) is 3.60. The Morgan fingerprint density at radius 1 is 1.37 bits per heavy atom. The molecule has 1 heterocycles. The molecule has 1 N–H and O–H groups in total. The van der Waals surface area contributed by atoms with Crippen molar-refractivity contribution in [1.29, 1.82) is 0 Å². The van der Waals surface area contributed by atoms with Gasteiger partial charge >= 0.3 is 0 Å². The van der Waals surface area contributed by atoms with Crippen molar-refractivity contribution in [2.24, 2.45) is 0 Å². The van der Waals surface area contributed by atoms with E-state index in [2.05, 4.69) is 5.32 Å². The van der Waals surface area contributed by atoms with Crippen LogP contribution in [-0.2, 0) is 6.54 Å². The third kappa shape index (κ3) is 2.70. The second-order valence-corrected chi connectivity index (χ2v) is 4.69. The van der Waals surface area contributed by atoms with Gasteiger partial charge in [0, 0.05) is 12.6 Å². The van der Waals surface area contributed by atoms with Gasteiger partial charge in [-0.1, -0.05) is 0 Å². The molecule has 19 heavy (non-hydrogen) atoms. The van der Waals surface area contributed by atoms with Crippen LogP contribution >= 0.6 is 11.3 Å². The van der Waals surface area contributed by atoms with Gasteiger partial charge in [0.25, 0.3) is 5.69 Å². The molecule has 1 aromatic heterocycles. The molecule has 0 unspecified atom stereocenters. The minimum absolute atomic E-state index is 0.205. The molecule has 2 rings (SSSR count). The largest absolute Gasteiger partial charge is 0.373 e. The average Bonchev–Trinajstić information content (AvgIpc) is 2.76. The minimum atomic E-state index is -1.23. The van der Waals surface area contributed by atoms with Crippen LogP contribution in [0.15, 0.2) is 22.9 Å². The maximum atomic E-state index is 13.6. The number of rotatable bonds is 4. The quantitative estimate of drug-likeness (QED) is 0.685. The first-order chi connectivity index (χ1) is 9.00. The van der Waals surface area contributed by atoms with Gasteiger partial charge in [-0.15, -0.1) is 0 Å². The maximum absolute atomic E-state index is 13.6. The summed E-state index contributed by atoms with van der Waals surface area (Å²) in [5, 5.41) is 17.2. The first-order valence-corrected chi connectivity index (χ1v) is 6.33. The first kappa shape index (κ1) is 13.4. The summed E-state index contributed by atoms with van der Waals surface area (Å²) in [5.41, 5.74) is 0.988. The van der Waals surface area contributed by atoms with Crippen molar-refractivity contribution >= 4 is 22.7 Å². The number of hydrogen-bond acceptors (Lipinski definition) is 4. The Labute approximate surface area is 111 Å². The van der Waals surface area contributed by atoms with E-state index in [1.807, 2.05) is 17.7 Å². The predicted molar refractivity (Wildman–Crippen MR) is 69.4 cm³/mol. The van der Waals surface area contributed by atoms with Gasteiger partial charge < -0.3 is 5.32 Å². The summed E-state index contributed by atoms with van der Waals surface area (Å²) < 4.78 is 26.7. The zero-order valence-corrected chi connectivity index (χ0v) is 10.8. The van der Waals surface area contributed by atoms with E-state index in [0.29, 0.717) is 0 Å². The molecule has 0 saturated heterocycles. The summed E-state index contributed by atoms with van der Waals surface area (Å²) in [6.45, 7) is 2.08. The molecule has 0 fully saturated rings. The van der Waals surface area contributed by atoms with Gasteiger partial charge in [0.2, 0.25) is 0 Å². The molecule has 4 nitrogen and oxygen atoms in total. The van der Waals surface area contributed by atoms with Crippen molar-refractivity contribution in [1.82, 2.24) is 0 Å². The number of nitro benzene ring substituents is 1. The predicted octanol–water partition coefficient (Wildman–Crippen LogP) is 3.86. The standard InChI is InChI=1S/C12H10F2N2O2S/c1-7-5-19-6-8(7)4-15-12-10(16(17)18)3-2-9(13)11(12)14/h2-3,5-6,15H,4H2,1H3. The van der Waals surface area contributed by atoms with E-state index in [1.165, 1.54) is 11.3 Å². The van der Waals surface area contributed by atoms with E-state index >= 15 is 0 Å². The fourth-order valence-electron chi connectivity index (χ4n) is 1.61. The molecule has 0 bridgehead atoms. The van der Waals surface area contributed by atoms with Crippen molar-refractivity contribution in [3.8, 4) is 0 Å². The summed E-state index contributed by atoms with van der Waals surface area (Å²) >= 11 is 1.48. The highest BCUT2D eigenvalue weighted by molar-refractivity contribution is 7.08. The maximum Gasteiger partial charge on any atom is 0.295 e. The van der Waals surface area contributed by atoms with E-state index in [-0.39, 0.29) is 6.54 Å². The van der Waals surface area contributed by atoms with E-state index in [4.69, 9.17) is 0 Å². The van der Waals surface area contributed by atoms with Crippen LogP contribution in [0, 0.1) is 28.7 Å². The number of thiophene rings is 1. The molecule has 0 aliphatic carbocycles. The Morgan fingerprint density at radius 3 is 2.68 bits per heavy atom. The van der Waals surface area contributed by atoms with E-state index in [9.17, 15) is 18.9 Å². The smallest absolute Gasteiger partial charge is 0.295 e. The normalized spacial score (nSPS) is 10.5.